The third-order valence-electron chi connectivity index (χ3n) is 5.22. The van der Waals surface area contributed by atoms with Gasteiger partial charge in [-0.15, -0.1) is 0 Å². The van der Waals surface area contributed by atoms with E-state index in [1.807, 2.05) is 0 Å². The number of guanidine groups is 1. The van der Waals surface area contributed by atoms with E-state index in [1.54, 1.807) is 0 Å². The zero-order valence-electron chi connectivity index (χ0n) is 16.4. The third-order valence-corrected chi connectivity index (χ3v) is 5.22. The Morgan fingerprint density at radius 3 is 2.77 bits per heavy atom. The van der Waals surface area contributed by atoms with Crippen LogP contribution in [-0.2, 0) is 4.74 Å². The molecule has 0 aromatic heterocycles. The van der Waals surface area contributed by atoms with Crippen LogP contribution in [0, 0.1) is 11.8 Å². The van der Waals surface area contributed by atoms with Crippen molar-refractivity contribution >= 4 is 11.6 Å². The molecule has 1 heterocycles. The molecule has 1 saturated carbocycles. The van der Waals surface area contributed by atoms with Crippen LogP contribution in [0.4, 0.5) is 5.69 Å². The van der Waals surface area contributed by atoms with Crippen molar-refractivity contribution in [2.24, 2.45) is 16.8 Å². The highest BCUT2D eigenvalue weighted by molar-refractivity contribution is 5.79. The Balaban J connectivity index is 1.44. The second kappa shape index (κ2) is 9.81. The Morgan fingerprint density at radius 2 is 2.04 bits per heavy atom. The third kappa shape index (κ3) is 5.90. The predicted molar refractivity (Wildman–Crippen MR) is 109 cm³/mol. The van der Waals surface area contributed by atoms with Gasteiger partial charge in [-0.2, -0.15) is 0 Å². The number of hydrogen-bond acceptors (Lipinski definition) is 3. The molecular formula is C21H34N4O. The number of anilines is 1. The van der Waals surface area contributed by atoms with Gasteiger partial charge in [0.2, 0.25) is 0 Å². The lowest BCUT2D eigenvalue weighted by Crippen LogP contribution is -2.41. The molecule has 26 heavy (non-hydrogen) atoms. The van der Waals surface area contributed by atoms with Gasteiger partial charge in [-0.1, -0.05) is 18.2 Å². The lowest BCUT2D eigenvalue weighted by Gasteiger charge is -2.22. The standard InChI is InChI=1S/C21H34N4O/c1-3-22-21(24(2)13-14-26-17-18-9-10-18)23-15-19-11-12-25(16-19)20-7-5-4-6-8-20/h4-8,18-19H,3,9-17H2,1-2H3,(H,22,23). The molecule has 1 unspecified atom stereocenters. The van der Waals surface area contributed by atoms with E-state index in [1.165, 1.54) is 24.9 Å². The molecule has 1 aromatic carbocycles. The number of likely N-dealkylation sites (N-methyl/N-ethyl adjacent to an activating group) is 1. The molecule has 1 N–H and O–H groups in total. The van der Waals surface area contributed by atoms with Gasteiger partial charge in [0.1, 0.15) is 0 Å². The molecule has 3 rings (SSSR count). The van der Waals surface area contributed by atoms with E-state index in [2.05, 4.69) is 59.4 Å². The molecule has 1 aliphatic heterocycles. The lowest BCUT2D eigenvalue weighted by molar-refractivity contribution is 0.115. The van der Waals surface area contributed by atoms with Crippen molar-refractivity contribution in [1.29, 1.82) is 0 Å². The molecule has 0 amide bonds. The average molecular weight is 359 g/mol. The fourth-order valence-corrected chi connectivity index (χ4v) is 3.38. The molecule has 5 nitrogen and oxygen atoms in total. The minimum absolute atomic E-state index is 0.628. The summed E-state index contributed by atoms with van der Waals surface area (Å²) in [5, 5.41) is 3.42. The maximum absolute atomic E-state index is 5.77. The maximum Gasteiger partial charge on any atom is 0.193 e. The van der Waals surface area contributed by atoms with E-state index in [-0.39, 0.29) is 0 Å². The van der Waals surface area contributed by atoms with Crippen LogP contribution in [0.25, 0.3) is 0 Å². The minimum Gasteiger partial charge on any atom is -0.379 e. The van der Waals surface area contributed by atoms with Crippen molar-refractivity contribution in [2.75, 3.05) is 57.9 Å². The van der Waals surface area contributed by atoms with Crippen LogP contribution in [0.15, 0.2) is 35.3 Å². The van der Waals surface area contributed by atoms with E-state index in [4.69, 9.17) is 9.73 Å². The van der Waals surface area contributed by atoms with E-state index in [9.17, 15) is 0 Å². The van der Waals surface area contributed by atoms with Crippen LogP contribution < -0.4 is 10.2 Å². The summed E-state index contributed by atoms with van der Waals surface area (Å²) in [7, 11) is 2.10. The molecule has 1 atom stereocenters. The summed E-state index contributed by atoms with van der Waals surface area (Å²) in [4.78, 5) is 9.57. The van der Waals surface area contributed by atoms with Crippen molar-refractivity contribution in [3.8, 4) is 0 Å². The topological polar surface area (TPSA) is 40.1 Å². The summed E-state index contributed by atoms with van der Waals surface area (Å²) in [5.41, 5.74) is 1.33. The molecule has 0 bridgehead atoms. The molecule has 2 fully saturated rings. The highest BCUT2D eigenvalue weighted by atomic mass is 16.5. The Bertz CT molecular complexity index is 558. The zero-order chi connectivity index (χ0) is 18.2. The van der Waals surface area contributed by atoms with Crippen LogP contribution in [0.1, 0.15) is 26.2 Å². The van der Waals surface area contributed by atoms with E-state index in [0.29, 0.717) is 5.92 Å². The molecule has 0 spiro atoms. The summed E-state index contributed by atoms with van der Waals surface area (Å²) in [6, 6.07) is 10.7. The molecule has 0 radical (unpaired) electrons. The van der Waals surface area contributed by atoms with Crippen molar-refractivity contribution in [1.82, 2.24) is 10.2 Å². The van der Waals surface area contributed by atoms with E-state index in [0.717, 1.165) is 57.8 Å². The van der Waals surface area contributed by atoms with Gasteiger partial charge in [0.05, 0.1) is 6.61 Å². The van der Waals surface area contributed by atoms with Gasteiger partial charge in [0, 0.05) is 52.1 Å². The van der Waals surface area contributed by atoms with Gasteiger partial charge >= 0.3 is 0 Å². The number of rotatable bonds is 9. The Kier molecular flexibility index (Phi) is 7.18. The number of benzene rings is 1. The Hall–Kier alpha value is -1.75. The highest BCUT2D eigenvalue weighted by Crippen LogP contribution is 2.28. The molecular weight excluding hydrogens is 324 g/mol. The lowest BCUT2D eigenvalue weighted by atomic mass is 10.1. The van der Waals surface area contributed by atoms with Gasteiger partial charge < -0.3 is 19.9 Å². The largest absolute Gasteiger partial charge is 0.379 e. The summed E-state index contributed by atoms with van der Waals surface area (Å²) in [6.45, 7) is 8.74. The van der Waals surface area contributed by atoms with Crippen molar-refractivity contribution in [3.05, 3.63) is 30.3 Å². The number of nitrogens with one attached hydrogen (secondary N) is 1. The van der Waals surface area contributed by atoms with E-state index < -0.39 is 0 Å². The second-order valence-electron chi connectivity index (χ2n) is 7.57. The Labute approximate surface area is 158 Å². The van der Waals surface area contributed by atoms with Gasteiger partial charge in [-0.25, -0.2) is 0 Å². The number of nitrogens with zero attached hydrogens (tertiary/aromatic N) is 3. The van der Waals surface area contributed by atoms with Crippen molar-refractivity contribution < 1.29 is 4.74 Å². The monoisotopic (exact) mass is 358 g/mol. The van der Waals surface area contributed by atoms with E-state index >= 15 is 0 Å². The van der Waals surface area contributed by atoms with Gasteiger partial charge in [0.15, 0.2) is 5.96 Å². The fourth-order valence-electron chi connectivity index (χ4n) is 3.38. The first-order valence-electron chi connectivity index (χ1n) is 10.1. The van der Waals surface area contributed by atoms with Gasteiger partial charge in [-0.05, 0) is 50.2 Å². The molecule has 144 valence electrons. The number of hydrogen-bond donors (Lipinski definition) is 1. The minimum atomic E-state index is 0.628. The molecule has 5 heteroatoms. The highest BCUT2D eigenvalue weighted by Gasteiger charge is 2.23. The first-order valence-corrected chi connectivity index (χ1v) is 10.1. The zero-order valence-corrected chi connectivity index (χ0v) is 16.4. The Morgan fingerprint density at radius 1 is 1.23 bits per heavy atom. The fraction of sp³-hybridized carbons (Fsp3) is 0.667. The SMILES string of the molecule is CCNC(=NCC1CCN(c2ccccc2)C1)N(C)CCOCC1CC1. The second-order valence-corrected chi connectivity index (χ2v) is 7.57. The normalized spacial score (nSPS) is 20.5. The van der Waals surface area contributed by atoms with Crippen LogP contribution in [0.2, 0.25) is 0 Å². The maximum atomic E-state index is 5.77. The summed E-state index contributed by atoms with van der Waals surface area (Å²) < 4.78 is 5.77. The van der Waals surface area contributed by atoms with Gasteiger partial charge in [0.25, 0.3) is 0 Å². The van der Waals surface area contributed by atoms with Crippen LogP contribution in [0.3, 0.4) is 0 Å². The summed E-state index contributed by atoms with van der Waals surface area (Å²) in [5.74, 6) is 2.46. The first kappa shape index (κ1) is 19.0. The molecule has 1 aliphatic carbocycles. The molecule has 1 aromatic rings. The van der Waals surface area contributed by atoms with Crippen LogP contribution in [-0.4, -0.2) is 63.8 Å². The predicted octanol–water partition coefficient (Wildman–Crippen LogP) is 2.84. The van der Waals surface area contributed by atoms with Crippen LogP contribution in [0.5, 0.6) is 0 Å². The number of ether oxygens (including phenoxy) is 1. The quantitative estimate of drug-likeness (QED) is 0.419. The first-order chi connectivity index (χ1) is 12.8. The average Bonchev–Trinajstić information content (AvgIpc) is 3.38. The number of aliphatic imine (C=N–C) groups is 1. The number of para-hydroxylation sites is 1. The van der Waals surface area contributed by atoms with Crippen molar-refractivity contribution in [3.63, 3.8) is 0 Å². The summed E-state index contributed by atoms with van der Waals surface area (Å²) >= 11 is 0. The molecule has 2 aliphatic rings. The van der Waals surface area contributed by atoms with Crippen LogP contribution >= 0.6 is 0 Å². The van der Waals surface area contributed by atoms with Gasteiger partial charge in [-0.3, -0.25) is 4.99 Å². The van der Waals surface area contributed by atoms with Crippen molar-refractivity contribution in [2.45, 2.75) is 26.2 Å². The summed E-state index contributed by atoms with van der Waals surface area (Å²) in [6.07, 6.45) is 3.91. The smallest absolute Gasteiger partial charge is 0.193 e. The molecule has 1 saturated heterocycles.